The molecule has 0 N–H and O–H groups in total. The van der Waals surface area contributed by atoms with E-state index in [1.165, 1.54) is 16.9 Å². The van der Waals surface area contributed by atoms with E-state index in [-0.39, 0.29) is 12.5 Å². The van der Waals surface area contributed by atoms with Gasteiger partial charge in [0.05, 0.1) is 27.4 Å². The van der Waals surface area contributed by atoms with E-state index in [0.717, 1.165) is 44.0 Å². The van der Waals surface area contributed by atoms with Gasteiger partial charge in [0, 0.05) is 26.2 Å². The summed E-state index contributed by atoms with van der Waals surface area (Å²) in [6.45, 7) is 9.00. The molecule has 2 aromatic carbocycles. The molecular formula is C27H35N3O5S. The Morgan fingerprint density at radius 1 is 1.08 bits per heavy atom. The van der Waals surface area contributed by atoms with Crippen LogP contribution < -0.4 is 19.1 Å². The molecule has 1 aliphatic heterocycles. The zero-order valence-corrected chi connectivity index (χ0v) is 22.3. The van der Waals surface area contributed by atoms with Crippen molar-refractivity contribution in [3.63, 3.8) is 0 Å². The summed E-state index contributed by atoms with van der Waals surface area (Å²) in [5, 5.41) is 0.610. The average Bonchev–Trinajstić information content (AvgIpc) is 3.35. The van der Waals surface area contributed by atoms with Gasteiger partial charge >= 0.3 is 0 Å². The van der Waals surface area contributed by atoms with Crippen LogP contribution in [0.15, 0.2) is 36.4 Å². The largest absolute Gasteiger partial charge is 0.495 e. The van der Waals surface area contributed by atoms with Crippen LogP contribution in [0.2, 0.25) is 0 Å². The zero-order valence-electron chi connectivity index (χ0n) is 21.5. The highest BCUT2D eigenvalue weighted by molar-refractivity contribution is 7.22. The van der Waals surface area contributed by atoms with Gasteiger partial charge in [0.2, 0.25) is 0 Å². The molecule has 9 heteroatoms. The lowest BCUT2D eigenvalue weighted by Crippen LogP contribution is -2.40. The molecule has 2 heterocycles. The molecule has 194 valence electrons. The van der Waals surface area contributed by atoms with Gasteiger partial charge < -0.3 is 18.9 Å². The first-order valence-corrected chi connectivity index (χ1v) is 13.2. The smallest absolute Gasteiger partial charge is 0.266 e. The van der Waals surface area contributed by atoms with Crippen LogP contribution in [0.4, 0.5) is 5.13 Å². The fourth-order valence-corrected chi connectivity index (χ4v) is 5.28. The van der Waals surface area contributed by atoms with Crippen molar-refractivity contribution in [1.82, 2.24) is 9.88 Å². The topological polar surface area (TPSA) is 73.4 Å². The summed E-state index contributed by atoms with van der Waals surface area (Å²) in [6, 6.07) is 11.6. The van der Waals surface area contributed by atoms with E-state index in [9.17, 15) is 4.79 Å². The molecule has 0 atom stereocenters. The van der Waals surface area contributed by atoms with Gasteiger partial charge in [-0.15, -0.1) is 0 Å². The summed E-state index contributed by atoms with van der Waals surface area (Å²) in [7, 11) is 3.24. The number of rotatable bonds is 11. The van der Waals surface area contributed by atoms with Gasteiger partial charge in [-0.25, -0.2) is 4.98 Å². The number of benzene rings is 2. The predicted molar refractivity (Wildman–Crippen MR) is 143 cm³/mol. The maximum Gasteiger partial charge on any atom is 0.266 e. The first-order chi connectivity index (χ1) is 17.5. The van der Waals surface area contributed by atoms with Crippen molar-refractivity contribution in [3.05, 3.63) is 42.0 Å². The molecule has 0 aliphatic carbocycles. The summed E-state index contributed by atoms with van der Waals surface area (Å²) in [4.78, 5) is 22.3. The Labute approximate surface area is 216 Å². The van der Waals surface area contributed by atoms with Crippen LogP contribution in [0, 0.1) is 0 Å². The molecule has 1 aliphatic rings. The van der Waals surface area contributed by atoms with Gasteiger partial charge in [-0.2, -0.15) is 0 Å². The number of methoxy groups -OCH3 is 2. The molecule has 0 bridgehead atoms. The van der Waals surface area contributed by atoms with Gasteiger partial charge in [0.15, 0.2) is 11.7 Å². The second-order valence-corrected chi connectivity index (χ2v) is 9.99. The molecule has 0 saturated carbocycles. The van der Waals surface area contributed by atoms with E-state index in [2.05, 4.69) is 18.7 Å². The summed E-state index contributed by atoms with van der Waals surface area (Å²) in [6.07, 6.45) is 0.818. The van der Waals surface area contributed by atoms with Crippen LogP contribution in [-0.4, -0.2) is 76.0 Å². The zero-order chi connectivity index (χ0) is 25.5. The lowest BCUT2D eigenvalue weighted by atomic mass is 10.0. The average molecular weight is 514 g/mol. The molecule has 1 fully saturated rings. The molecule has 3 aromatic rings. The number of anilines is 1. The predicted octanol–water partition coefficient (Wildman–Crippen LogP) is 4.57. The number of hydrogen-bond acceptors (Lipinski definition) is 8. The van der Waals surface area contributed by atoms with Crippen molar-refractivity contribution in [2.45, 2.75) is 26.2 Å². The summed E-state index contributed by atoms with van der Waals surface area (Å²) in [5.41, 5.74) is 1.92. The number of carbonyl (C=O) groups excluding carboxylic acids is 1. The van der Waals surface area contributed by atoms with Gasteiger partial charge in [0.1, 0.15) is 27.5 Å². The maximum absolute atomic E-state index is 13.4. The minimum absolute atomic E-state index is 0.0667. The highest BCUT2D eigenvalue weighted by Crippen LogP contribution is 2.40. The Hall–Kier alpha value is -2.88. The first-order valence-electron chi connectivity index (χ1n) is 12.3. The molecule has 36 heavy (non-hydrogen) atoms. The van der Waals surface area contributed by atoms with Crippen LogP contribution in [0.3, 0.4) is 0 Å². The number of aromatic nitrogens is 1. The molecule has 8 nitrogen and oxygen atoms in total. The number of fused-ring (bicyclic) bond motifs is 1. The number of ether oxygens (including phenoxy) is 4. The molecule has 1 saturated heterocycles. The van der Waals surface area contributed by atoms with E-state index < -0.39 is 0 Å². The third-order valence-corrected chi connectivity index (χ3v) is 7.39. The summed E-state index contributed by atoms with van der Waals surface area (Å²) < 4.78 is 23.2. The van der Waals surface area contributed by atoms with Gasteiger partial charge in [-0.3, -0.25) is 14.6 Å². The Morgan fingerprint density at radius 3 is 2.44 bits per heavy atom. The van der Waals surface area contributed by atoms with Crippen LogP contribution in [0.1, 0.15) is 31.7 Å². The van der Waals surface area contributed by atoms with E-state index in [1.54, 1.807) is 19.1 Å². The summed E-state index contributed by atoms with van der Waals surface area (Å²) >= 11 is 1.43. The quantitative estimate of drug-likeness (QED) is 0.372. The maximum atomic E-state index is 13.4. The number of amides is 1. The summed E-state index contributed by atoms with van der Waals surface area (Å²) in [5.74, 6) is 2.33. The molecule has 1 amide bonds. The second-order valence-electron chi connectivity index (χ2n) is 9.01. The van der Waals surface area contributed by atoms with E-state index in [0.29, 0.717) is 40.4 Å². The highest BCUT2D eigenvalue weighted by Gasteiger charge is 2.23. The molecule has 1 aromatic heterocycles. The molecule has 0 spiro atoms. The molecular weight excluding hydrogens is 478 g/mol. The normalized spacial score (nSPS) is 14.2. The van der Waals surface area contributed by atoms with Crippen molar-refractivity contribution < 1.29 is 23.7 Å². The van der Waals surface area contributed by atoms with E-state index in [4.69, 9.17) is 23.9 Å². The minimum atomic E-state index is -0.137. The number of hydrogen-bond donors (Lipinski definition) is 0. The molecule has 4 rings (SSSR count). The van der Waals surface area contributed by atoms with Crippen molar-refractivity contribution in [2.24, 2.45) is 0 Å². The highest BCUT2D eigenvalue weighted by atomic mass is 32.1. The lowest BCUT2D eigenvalue weighted by Gasteiger charge is -2.27. The van der Waals surface area contributed by atoms with Crippen LogP contribution in [0.5, 0.6) is 17.2 Å². The number of nitrogens with zero attached hydrogens (tertiary/aromatic N) is 3. The van der Waals surface area contributed by atoms with E-state index in [1.807, 2.05) is 36.4 Å². The first kappa shape index (κ1) is 26.2. The fraction of sp³-hybridized carbons (Fsp3) is 0.481. The van der Waals surface area contributed by atoms with Crippen molar-refractivity contribution in [3.8, 4) is 17.2 Å². The number of carbonyl (C=O) groups is 1. The van der Waals surface area contributed by atoms with Crippen LogP contribution in [0.25, 0.3) is 10.2 Å². The Bertz CT molecular complexity index is 1100. The SMILES string of the molecule is COc1ccc(OC)c2sc(N(CCCN3CCOCC3)C(=O)COc3ccc(C(C)C)cc3)nc12. The monoisotopic (exact) mass is 513 g/mol. The number of thiazole rings is 1. The van der Waals surface area contributed by atoms with E-state index >= 15 is 0 Å². The lowest BCUT2D eigenvalue weighted by molar-refractivity contribution is -0.120. The second kappa shape index (κ2) is 12.4. The van der Waals surface area contributed by atoms with Crippen LogP contribution in [-0.2, 0) is 9.53 Å². The van der Waals surface area contributed by atoms with Crippen LogP contribution >= 0.6 is 11.3 Å². The van der Waals surface area contributed by atoms with Gasteiger partial charge in [-0.1, -0.05) is 37.3 Å². The van der Waals surface area contributed by atoms with Gasteiger partial charge in [0.25, 0.3) is 5.91 Å². The molecule has 0 unspecified atom stereocenters. The Morgan fingerprint density at radius 2 is 1.78 bits per heavy atom. The van der Waals surface area contributed by atoms with Crippen molar-refractivity contribution in [2.75, 3.05) is 65.1 Å². The number of morpholine rings is 1. The third-order valence-electron chi connectivity index (χ3n) is 6.30. The molecule has 0 radical (unpaired) electrons. The van der Waals surface area contributed by atoms with Crippen molar-refractivity contribution >= 4 is 32.6 Å². The standard InChI is InChI=1S/C27H35N3O5S/c1-19(2)20-6-8-21(9-7-20)35-18-24(31)30(13-5-12-29-14-16-34-17-15-29)27-28-25-22(32-3)10-11-23(33-4)26(25)36-27/h6-11,19H,5,12-18H2,1-4H3. The Balaban J connectivity index is 1.52. The minimum Gasteiger partial charge on any atom is -0.495 e. The Kier molecular flexibility index (Phi) is 9.01. The van der Waals surface area contributed by atoms with Gasteiger partial charge in [-0.05, 0) is 42.2 Å². The fourth-order valence-electron chi connectivity index (χ4n) is 4.17. The van der Waals surface area contributed by atoms with Crippen molar-refractivity contribution in [1.29, 1.82) is 0 Å². The third kappa shape index (κ3) is 6.27.